The first-order valence-corrected chi connectivity index (χ1v) is 7.87. The van der Waals surface area contributed by atoms with Crippen molar-refractivity contribution in [1.82, 2.24) is 5.32 Å². The Morgan fingerprint density at radius 2 is 2.04 bits per heavy atom. The molecule has 1 heterocycles. The molecule has 0 bridgehead atoms. The second kappa shape index (κ2) is 7.42. The van der Waals surface area contributed by atoms with Crippen LogP contribution in [-0.2, 0) is 0 Å². The van der Waals surface area contributed by atoms with E-state index in [1.165, 1.54) is 0 Å². The summed E-state index contributed by atoms with van der Waals surface area (Å²) in [5.41, 5.74) is 1.33. The predicted molar refractivity (Wildman–Crippen MR) is 90.6 cm³/mol. The molecule has 0 aromatic heterocycles. The van der Waals surface area contributed by atoms with Crippen LogP contribution in [-0.4, -0.2) is 24.5 Å². The molecule has 126 valence electrons. The van der Waals surface area contributed by atoms with Gasteiger partial charge in [-0.1, -0.05) is 23.7 Å². The van der Waals surface area contributed by atoms with E-state index in [1.54, 1.807) is 42.5 Å². The fourth-order valence-electron chi connectivity index (χ4n) is 2.35. The Balaban J connectivity index is 1.46. The summed E-state index contributed by atoms with van der Waals surface area (Å²) in [7, 11) is 0. The maximum absolute atomic E-state index is 11.9. The van der Waals surface area contributed by atoms with Crippen LogP contribution in [0.2, 0.25) is 5.02 Å². The van der Waals surface area contributed by atoms with Crippen LogP contribution >= 0.6 is 11.6 Å². The van der Waals surface area contributed by atoms with Gasteiger partial charge in [0.1, 0.15) is 0 Å². The molecule has 1 aliphatic heterocycles. The normalized spacial score (nSPS) is 13.4. The van der Waals surface area contributed by atoms with Gasteiger partial charge in [-0.15, -0.1) is 0 Å². The number of anilines is 1. The molecule has 3 rings (SSSR count). The minimum Gasteiger partial charge on any atom is -0.454 e. The highest BCUT2D eigenvalue weighted by Gasteiger charge is 2.14. The first-order valence-electron chi connectivity index (χ1n) is 7.50. The molecule has 7 heteroatoms. The number of carbonyl (C=O) groups is 1. The van der Waals surface area contributed by atoms with Gasteiger partial charge in [0.2, 0.25) is 6.79 Å². The Morgan fingerprint density at radius 1 is 1.21 bits per heavy atom. The highest BCUT2D eigenvalue weighted by molar-refractivity contribution is 6.30. The molecule has 0 radical (unpaired) electrons. The van der Waals surface area contributed by atoms with Gasteiger partial charge in [0.05, 0.1) is 6.10 Å². The first-order chi connectivity index (χ1) is 11.6. The van der Waals surface area contributed by atoms with Crippen molar-refractivity contribution in [3.63, 3.8) is 0 Å². The molecular formula is C17H17ClN2O4. The van der Waals surface area contributed by atoms with Crippen molar-refractivity contribution in [2.24, 2.45) is 0 Å². The van der Waals surface area contributed by atoms with E-state index >= 15 is 0 Å². The lowest BCUT2D eigenvalue weighted by Gasteiger charge is -2.12. The maximum Gasteiger partial charge on any atom is 0.319 e. The number of fused-ring (bicyclic) bond motifs is 1. The summed E-state index contributed by atoms with van der Waals surface area (Å²) in [5, 5.41) is 16.1. The molecule has 0 fully saturated rings. The van der Waals surface area contributed by atoms with Crippen molar-refractivity contribution >= 4 is 23.3 Å². The van der Waals surface area contributed by atoms with Gasteiger partial charge in [-0.05, 0) is 36.2 Å². The SMILES string of the molecule is O=C(NCC[C@@H](O)c1cccc(Cl)c1)Nc1ccc2c(c1)OCO2. The van der Waals surface area contributed by atoms with Crippen molar-refractivity contribution in [3.8, 4) is 11.5 Å². The molecule has 3 N–H and O–H groups in total. The van der Waals surface area contributed by atoms with E-state index in [-0.39, 0.29) is 12.8 Å². The number of amides is 2. The van der Waals surface area contributed by atoms with Gasteiger partial charge < -0.3 is 25.2 Å². The van der Waals surface area contributed by atoms with E-state index in [9.17, 15) is 9.90 Å². The zero-order valence-electron chi connectivity index (χ0n) is 12.8. The van der Waals surface area contributed by atoms with E-state index in [2.05, 4.69) is 10.6 Å². The van der Waals surface area contributed by atoms with Crippen LogP contribution in [0.5, 0.6) is 11.5 Å². The Kier molecular flexibility index (Phi) is 5.08. The second-order valence-electron chi connectivity index (χ2n) is 5.31. The highest BCUT2D eigenvalue weighted by atomic mass is 35.5. The number of hydrogen-bond acceptors (Lipinski definition) is 4. The van der Waals surface area contributed by atoms with Crippen LogP contribution in [0.3, 0.4) is 0 Å². The Labute approximate surface area is 144 Å². The van der Waals surface area contributed by atoms with Gasteiger partial charge in [0.15, 0.2) is 11.5 Å². The number of nitrogens with one attached hydrogen (secondary N) is 2. The molecule has 24 heavy (non-hydrogen) atoms. The fourth-order valence-corrected chi connectivity index (χ4v) is 2.55. The molecule has 0 spiro atoms. The van der Waals surface area contributed by atoms with Gasteiger partial charge in [-0.2, -0.15) is 0 Å². The summed E-state index contributed by atoms with van der Waals surface area (Å²) < 4.78 is 10.5. The first kappa shape index (κ1) is 16.4. The average molecular weight is 349 g/mol. The number of rotatable bonds is 5. The number of halogens is 1. The van der Waals surface area contributed by atoms with Crippen LogP contribution in [0, 0.1) is 0 Å². The third-order valence-corrected chi connectivity index (χ3v) is 3.80. The number of aliphatic hydroxyl groups is 1. The van der Waals surface area contributed by atoms with Gasteiger partial charge in [0.25, 0.3) is 0 Å². The van der Waals surface area contributed by atoms with E-state index in [1.807, 2.05) is 0 Å². The summed E-state index contributed by atoms with van der Waals surface area (Å²) in [6.07, 6.45) is -0.302. The zero-order valence-corrected chi connectivity index (χ0v) is 13.5. The molecule has 2 amide bonds. The van der Waals surface area contributed by atoms with Crippen LogP contribution in [0.25, 0.3) is 0 Å². The van der Waals surface area contributed by atoms with Crippen molar-refractivity contribution < 1.29 is 19.4 Å². The number of carbonyl (C=O) groups excluding carboxylic acids is 1. The van der Waals surface area contributed by atoms with Crippen molar-refractivity contribution in [2.75, 3.05) is 18.7 Å². The Hall–Kier alpha value is -2.44. The smallest absolute Gasteiger partial charge is 0.319 e. The third-order valence-electron chi connectivity index (χ3n) is 3.57. The second-order valence-corrected chi connectivity index (χ2v) is 5.74. The van der Waals surface area contributed by atoms with Crippen LogP contribution < -0.4 is 20.1 Å². The minimum absolute atomic E-state index is 0.187. The van der Waals surface area contributed by atoms with Crippen molar-refractivity contribution in [1.29, 1.82) is 0 Å². The Morgan fingerprint density at radius 3 is 2.88 bits per heavy atom. The summed E-state index contributed by atoms with van der Waals surface area (Å²) in [6.45, 7) is 0.510. The van der Waals surface area contributed by atoms with Crippen LogP contribution in [0.1, 0.15) is 18.1 Å². The molecule has 2 aromatic carbocycles. The molecule has 0 unspecified atom stereocenters. The molecular weight excluding hydrogens is 332 g/mol. The third kappa shape index (κ3) is 4.10. The minimum atomic E-state index is -0.686. The largest absolute Gasteiger partial charge is 0.454 e. The van der Waals surface area contributed by atoms with E-state index in [0.717, 1.165) is 5.56 Å². The van der Waals surface area contributed by atoms with Gasteiger partial charge in [-0.3, -0.25) is 0 Å². The maximum atomic E-state index is 11.9. The van der Waals surface area contributed by atoms with E-state index in [0.29, 0.717) is 35.2 Å². The zero-order chi connectivity index (χ0) is 16.9. The topological polar surface area (TPSA) is 79.8 Å². The molecule has 0 aliphatic carbocycles. The van der Waals surface area contributed by atoms with Gasteiger partial charge >= 0.3 is 6.03 Å². The van der Waals surface area contributed by atoms with Crippen LogP contribution in [0.15, 0.2) is 42.5 Å². The summed E-state index contributed by atoms with van der Waals surface area (Å²) in [6, 6.07) is 11.8. The van der Waals surface area contributed by atoms with Crippen molar-refractivity contribution in [2.45, 2.75) is 12.5 Å². The number of urea groups is 1. The summed E-state index contributed by atoms with van der Waals surface area (Å²) in [5.74, 6) is 1.26. The average Bonchev–Trinajstić information content (AvgIpc) is 3.02. The molecule has 1 atom stereocenters. The van der Waals surface area contributed by atoms with Gasteiger partial charge in [0, 0.05) is 23.3 Å². The molecule has 6 nitrogen and oxygen atoms in total. The molecule has 0 saturated carbocycles. The summed E-state index contributed by atoms with van der Waals surface area (Å²) in [4.78, 5) is 11.9. The monoisotopic (exact) mass is 348 g/mol. The predicted octanol–water partition coefficient (Wildman–Crippen LogP) is 3.31. The number of benzene rings is 2. The standard InChI is InChI=1S/C17H17ClN2O4/c18-12-3-1-2-11(8-12)14(21)6-7-19-17(22)20-13-4-5-15-16(9-13)24-10-23-15/h1-5,8-9,14,21H,6-7,10H2,(H2,19,20,22)/t14-/m1/s1. The lowest BCUT2D eigenvalue weighted by molar-refractivity contribution is 0.167. The molecule has 0 saturated heterocycles. The number of aliphatic hydroxyl groups excluding tert-OH is 1. The molecule has 1 aliphatic rings. The van der Waals surface area contributed by atoms with Gasteiger partial charge in [-0.25, -0.2) is 4.79 Å². The lowest BCUT2D eigenvalue weighted by Crippen LogP contribution is -2.30. The highest BCUT2D eigenvalue weighted by Crippen LogP contribution is 2.34. The number of hydrogen-bond donors (Lipinski definition) is 3. The lowest BCUT2D eigenvalue weighted by atomic mass is 10.1. The fraction of sp³-hybridized carbons (Fsp3) is 0.235. The quantitative estimate of drug-likeness (QED) is 0.774. The van der Waals surface area contributed by atoms with E-state index in [4.69, 9.17) is 21.1 Å². The van der Waals surface area contributed by atoms with Crippen LogP contribution in [0.4, 0.5) is 10.5 Å². The summed E-state index contributed by atoms with van der Waals surface area (Å²) >= 11 is 5.89. The van der Waals surface area contributed by atoms with E-state index < -0.39 is 6.10 Å². The Bertz CT molecular complexity index is 738. The molecule has 2 aromatic rings. The van der Waals surface area contributed by atoms with Crippen molar-refractivity contribution in [3.05, 3.63) is 53.1 Å². The number of ether oxygens (including phenoxy) is 2.